The Labute approximate surface area is 162 Å². The average molecular weight is 390 g/mol. The van der Waals surface area contributed by atoms with E-state index in [1.807, 2.05) is 24.3 Å². The van der Waals surface area contributed by atoms with Gasteiger partial charge in [0.25, 0.3) is 0 Å². The van der Waals surface area contributed by atoms with Crippen LogP contribution in [0.15, 0.2) is 48.5 Å². The van der Waals surface area contributed by atoms with E-state index in [0.717, 1.165) is 11.3 Å². The number of nitrogens with one attached hydrogen (secondary N) is 2. The van der Waals surface area contributed by atoms with E-state index >= 15 is 0 Å². The largest absolute Gasteiger partial charge is 0.496 e. The Balaban J connectivity index is 1.70. The monoisotopic (exact) mass is 390 g/mol. The molecule has 2 rings (SSSR count). The van der Waals surface area contributed by atoms with Crippen LogP contribution in [0.4, 0.5) is 10.1 Å². The van der Waals surface area contributed by atoms with E-state index < -0.39 is 0 Å². The highest BCUT2D eigenvalue weighted by atomic mass is 32.2. The standard InChI is InChI=1S/C20H23FN2O3S/c1-14(27-13-19(24)23-17-9-7-16(21)8-10-17)20(25)22-12-11-15-5-3-4-6-18(15)26-2/h3-10,14H,11-13H2,1-2H3,(H,22,25)(H,23,24). The fraction of sp³-hybridized carbons (Fsp3) is 0.300. The van der Waals surface area contributed by atoms with E-state index in [9.17, 15) is 14.0 Å². The van der Waals surface area contributed by atoms with Gasteiger partial charge in [0.1, 0.15) is 11.6 Å². The Kier molecular flexibility index (Phi) is 8.13. The van der Waals surface area contributed by atoms with E-state index in [1.165, 1.54) is 36.0 Å². The molecule has 2 aromatic carbocycles. The van der Waals surface area contributed by atoms with Crippen LogP contribution >= 0.6 is 11.8 Å². The summed E-state index contributed by atoms with van der Waals surface area (Å²) in [6.07, 6.45) is 0.665. The minimum absolute atomic E-state index is 0.121. The maximum Gasteiger partial charge on any atom is 0.234 e. The number of ether oxygens (including phenoxy) is 1. The molecule has 27 heavy (non-hydrogen) atoms. The number of hydrogen-bond donors (Lipinski definition) is 2. The van der Waals surface area contributed by atoms with E-state index in [-0.39, 0.29) is 28.6 Å². The van der Waals surface area contributed by atoms with Crippen LogP contribution in [0.25, 0.3) is 0 Å². The highest BCUT2D eigenvalue weighted by Gasteiger charge is 2.15. The lowest BCUT2D eigenvalue weighted by Crippen LogP contribution is -2.33. The highest BCUT2D eigenvalue weighted by molar-refractivity contribution is 8.01. The van der Waals surface area contributed by atoms with Crippen LogP contribution in [0.2, 0.25) is 0 Å². The van der Waals surface area contributed by atoms with Crippen molar-refractivity contribution < 1.29 is 18.7 Å². The molecule has 1 unspecified atom stereocenters. The molecular formula is C20H23FN2O3S. The number of methoxy groups -OCH3 is 1. The molecule has 5 nitrogen and oxygen atoms in total. The topological polar surface area (TPSA) is 67.4 Å². The Morgan fingerprint density at radius 1 is 1.15 bits per heavy atom. The summed E-state index contributed by atoms with van der Waals surface area (Å²) < 4.78 is 18.1. The predicted octanol–water partition coefficient (Wildman–Crippen LogP) is 3.25. The molecule has 0 aromatic heterocycles. The number of hydrogen-bond acceptors (Lipinski definition) is 4. The van der Waals surface area contributed by atoms with E-state index in [4.69, 9.17) is 4.74 Å². The lowest BCUT2D eigenvalue weighted by molar-refractivity contribution is -0.120. The normalized spacial score (nSPS) is 11.5. The van der Waals surface area contributed by atoms with Gasteiger partial charge < -0.3 is 15.4 Å². The van der Waals surface area contributed by atoms with Crippen molar-refractivity contribution in [2.75, 3.05) is 24.7 Å². The molecule has 2 aromatic rings. The highest BCUT2D eigenvalue weighted by Crippen LogP contribution is 2.17. The minimum Gasteiger partial charge on any atom is -0.496 e. The van der Waals surface area contributed by atoms with Gasteiger partial charge >= 0.3 is 0 Å². The number of halogens is 1. The molecule has 0 aliphatic carbocycles. The molecule has 2 amide bonds. The summed E-state index contributed by atoms with van der Waals surface area (Å²) in [5, 5.41) is 5.18. The molecule has 144 valence electrons. The van der Waals surface area contributed by atoms with Gasteiger partial charge in [0.05, 0.1) is 18.1 Å². The molecule has 0 fully saturated rings. The van der Waals surface area contributed by atoms with E-state index in [1.54, 1.807) is 14.0 Å². The molecule has 0 radical (unpaired) electrons. The number of thioether (sulfide) groups is 1. The molecule has 1 atom stereocenters. The summed E-state index contributed by atoms with van der Waals surface area (Å²) in [7, 11) is 1.62. The Hall–Kier alpha value is -2.54. The number of para-hydroxylation sites is 1. The first-order chi connectivity index (χ1) is 13.0. The second kappa shape index (κ2) is 10.6. The number of carbonyl (C=O) groups excluding carboxylic acids is 2. The fourth-order valence-electron chi connectivity index (χ4n) is 2.38. The first-order valence-corrected chi connectivity index (χ1v) is 9.61. The zero-order valence-corrected chi connectivity index (χ0v) is 16.1. The molecule has 0 spiro atoms. The second-order valence-electron chi connectivity index (χ2n) is 5.86. The first kappa shape index (κ1) is 20.8. The number of carbonyl (C=O) groups is 2. The number of benzene rings is 2. The van der Waals surface area contributed by atoms with Crippen molar-refractivity contribution >= 4 is 29.3 Å². The molecule has 0 saturated carbocycles. The van der Waals surface area contributed by atoms with Crippen molar-refractivity contribution in [3.63, 3.8) is 0 Å². The first-order valence-electron chi connectivity index (χ1n) is 8.56. The molecule has 0 bridgehead atoms. The molecule has 0 aliphatic rings. The number of rotatable bonds is 9. The van der Waals surface area contributed by atoms with Gasteiger partial charge in [-0.05, 0) is 49.2 Å². The van der Waals surface area contributed by atoms with Crippen molar-refractivity contribution in [2.45, 2.75) is 18.6 Å². The lowest BCUT2D eigenvalue weighted by atomic mass is 10.1. The van der Waals surface area contributed by atoms with Crippen LogP contribution in [0.3, 0.4) is 0 Å². The van der Waals surface area contributed by atoms with Gasteiger partial charge in [-0.3, -0.25) is 9.59 Å². The SMILES string of the molecule is COc1ccccc1CCNC(=O)C(C)SCC(=O)Nc1ccc(F)cc1. The van der Waals surface area contributed by atoms with Gasteiger partial charge in [-0.1, -0.05) is 18.2 Å². The van der Waals surface area contributed by atoms with Crippen molar-refractivity contribution in [3.8, 4) is 5.75 Å². The minimum atomic E-state index is -0.360. The smallest absolute Gasteiger partial charge is 0.234 e. The van der Waals surface area contributed by atoms with Crippen LogP contribution in [-0.2, 0) is 16.0 Å². The molecule has 0 saturated heterocycles. The second-order valence-corrected chi connectivity index (χ2v) is 7.19. The summed E-state index contributed by atoms with van der Waals surface area (Å²) >= 11 is 1.25. The summed E-state index contributed by atoms with van der Waals surface area (Å²) in [5.41, 5.74) is 1.55. The van der Waals surface area contributed by atoms with Crippen LogP contribution in [0.1, 0.15) is 12.5 Å². The van der Waals surface area contributed by atoms with Crippen molar-refractivity contribution in [1.82, 2.24) is 5.32 Å². The average Bonchev–Trinajstić information content (AvgIpc) is 2.68. The van der Waals surface area contributed by atoms with Crippen molar-refractivity contribution in [3.05, 3.63) is 59.9 Å². The van der Waals surface area contributed by atoms with Crippen molar-refractivity contribution in [1.29, 1.82) is 0 Å². The Bertz CT molecular complexity index is 768. The molecule has 7 heteroatoms. The van der Waals surface area contributed by atoms with Gasteiger partial charge in [-0.2, -0.15) is 0 Å². The molecule has 0 heterocycles. The fourth-order valence-corrected chi connectivity index (χ4v) is 3.09. The summed E-state index contributed by atoms with van der Waals surface area (Å²) in [5.74, 6) is 0.218. The van der Waals surface area contributed by atoms with Crippen LogP contribution in [0.5, 0.6) is 5.75 Å². The van der Waals surface area contributed by atoms with Gasteiger partial charge in [0.2, 0.25) is 11.8 Å². The molecular weight excluding hydrogens is 367 g/mol. The predicted molar refractivity (Wildman–Crippen MR) is 107 cm³/mol. The number of amides is 2. The maximum atomic E-state index is 12.9. The summed E-state index contributed by atoms with van der Waals surface area (Å²) in [6, 6.07) is 13.2. The third-order valence-corrected chi connectivity index (χ3v) is 4.99. The van der Waals surface area contributed by atoms with E-state index in [2.05, 4.69) is 10.6 Å². The summed E-state index contributed by atoms with van der Waals surface area (Å²) in [4.78, 5) is 24.1. The summed E-state index contributed by atoms with van der Waals surface area (Å²) in [6.45, 7) is 2.25. The van der Waals surface area contributed by atoms with Gasteiger partial charge in [0.15, 0.2) is 0 Å². The molecule has 2 N–H and O–H groups in total. The quantitative estimate of drug-likeness (QED) is 0.690. The van der Waals surface area contributed by atoms with E-state index in [0.29, 0.717) is 18.7 Å². The Morgan fingerprint density at radius 3 is 2.56 bits per heavy atom. The van der Waals surface area contributed by atoms with Gasteiger partial charge in [-0.25, -0.2) is 4.39 Å². The van der Waals surface area contributed by atoms with Crippen LogP contribution < -0.4 is 15.4 Å². The third kappa shape index (κ3) is 6.94. The van der Waals surface area contributed by atoms with Gasteiger partial charge in [-0.15, -0.1) is 11.8 Å². The zero-order chi connectivity index (χ0) is 19.6. The third-order valence-electron chi connectivity index (χ3n) is 3.85. The van der Waals surface area contributed by atoms with Gasteiger partial charge in [0, 0.05) is 12.2 Å². The van der Waals surface area contributed by atoms with Crippen LogP contribution in [-0.4, -0.2) is 36.5 Å². The maximum absolute atomic E-state index is 12.9. The molecule has 0 aliphatic heterocycles. The zero-order valence-electron chi connectivity index (χ0n) is 15.3. The lowest BCUT2D eigenvalue weighted by Gasteiger charge is -2.13. The number of anilines is 1. The van der Waals surface area contributed by atoms with Crippen LogP contribution in [0, 0.1) is 5.82 Å². The Morgan fingerprint density at radius 2 is 1.85 bits per heavy atom. The van der Waals surface area contributed by atoms with Crippen molar-refractivity contribution in [2.24, 2.45) is 0 Å².